The highest BCUT2D eigenvalue weighted by molar-refractivity contribution is 6.01. The summed E-state index contributed by atoms with van der Waals surface area (Å²) in [7, 11) is 0. The van der Waals surface area contributed by atoms with Crippen LogP contribution in [0.2, 0.25) is 0 Å². The highest BCUT2D eigenvalue weighted by Crippen LogP contribution is 2.15. The molecule has 0 aliphatic heterocycles. The van der Waals surface area contributed by atoms with Crippen LogP contribution < -0.4 is 16.0 Å². The van der Waals surface area contributed by atoms with Crippen molar-refractivity contribution in [1.82, 2.24) is 5.32 Å². The van der Waals surface area contributed by atoms with Crippen LogP contribution >= 0.6 is 0 Å². The number of anilines is 2. The van der Waals surface area contributed by atoms with Crippen LogP contribution in [0.25, 0.3) is 0 Å². The van der Waals surface area contributed by atoms with Crippen LogP contribution in [-0.4, -0.2) is 24.9 Å². The van der Waals surface area contributed by atoms with Crippen molar-refractivity contribution in [1.29, 1.82) is 5.26 Å². The molecule has 3 aromatic rings. The maximum Gasteiger partial charge on any atom is 0.253 e. The lowest BCUT2D eigenvalue weighted by Gasteiger charge is -2.12. The summed E-state index contributed by atoms with van der Waals surface area (Å²) in [5.74, 6) is -0.472. The molecule has 0 radical (unpaired) electrons. The van der Waals surface area contributed by atoms with Gasteiger partial charge < -0.3 is 16.0 Å². The van der Waals surface area contributed by atoms with Crippen molar-refractivity contribution in [3.63, 3.8) is 0 Å². The Bertz CT molecular complexity index is 1060. The van der Waals surface area contributed by atoms with E-state index in [4.69, 9.17) is 5.26 Å². The predicted octanol–water partition coefficient (Wildman–Crippen LogP) is 3.58. The minimum absolute atomic E-state index is 0.00884. The van der Waals surface area contributed by atoms with E-state index in [2.05, 4.69) is 16.0 Å². The summed E-state index contributed by atoms with van der Waals surface area (Å²) in [5, 5.41) is 17.6. The third-order valence-electron chi connectivity index (χ3n) is 4.43. The normalized spacial score (nSPS) is 9.97. The lowest BCUT2D eigenvalue weighted by Crippen LogP contribution is -2.28. The van der Waals surface area contributed by atoms with Gasteiger partial charge in [0.05, 0.1) is 23.7 Å². The molecule has 0 saturated heterocycles. The molecule has 0 fully saturated rings. The Hall–Kier alpha value is -4.11. The van der Waals surface area contributed by atoms with E-state index in [1.165, 1.54) is 0 Å². The van der Waals surface area contributed by atoms with Crippen LogP contribution in [-0.2, 0) is 11.2 Å². The highest BCUT2D eigenvalue weighted by Gasteiger charge is 2.11. The van der Waals surface area contributed by atoms with E-state index < -0.39 is 0 Å². The number of nitriles is 1. The summed E-state index contributed by atoms with van der Waals surface area (Å²) >= 11 is 0. The van der Waals surface area contributed by atoms with Gasteiger partial charge in [0.25, 0.3) is 5.91 Å². The van der Waals surface area contributed by atoms with Gasteiger partial charge in [-0.2, -0.15) is 5.26 Å². The second-order valence-electron chi connectivity index (χ2n) is 6.63. The van der Waals surface area contributed by atoms with Crippen molar-refractivity contribution in [2.45, 2.75) is 6.42 Å². The maximum absolute atomic E-state index is 12.6. The molecule has 0 heterocycles. The van der Waals surface area contributed by atoms with E-state index in [9.17, 15) is 9.59 Å². The van der Waals surface area contributed by atoms with Crippen molar-refractivity contribution < 1.29 is 9.59 Å². The quantitative estimate of drug-likeness (QED) is 0.541. The first-order valence-electron chi connectivity index (χ1n) is 9.61. The van der Waals surface area contributed by atoms with Crippen molar-refractivity contribution in [2.75, 3.05) is 23.7 Å². The molecule has 0 spiro atoms. The molecule has 0 bridgehead atoms. The topological polar surface area (TPSA) is 94.0 Å². The van der Waals surface area contributed by atoms with E-state index in [-0.39, 0.29) is 18.4 Å². The van der Waals surface area contributed by atoms with Gasteiger partial charge in [0.1, 0.15) is 0 Å². The Morgan fingerprint density at radius 1 is 0.900 bits per heavy atom. The lowest BCUT2D eigenvalue weighted by molar-refractivity contribution is -0.114. The van der Waals surface area contributed by atoms with E-state index >= 15 is 0 Å². The summed E-state index contributed by atoms with van der Waals surface area (Å²) in [6.07, 6.45) is 0.742. The minimum Gasteiger partial charge on any atom is -0.376 e. The first-order chi connectivity index (χ1) is 14.7. The molecule has 3 aromatic carbocycles. The molecular formula is C24H22N4O2. The highest BCUT2D eigenvalue weighted by atomic mass is 16.2. The second-order valence-corrected chi connectivity index (χ2v) is 6.63. The predicted molar refractivity (Wildman–Crippen MR) is 117 cm³/mol. The van der Waals surface area contributed by atoms with Gasteiger partial charge in [0, 0.05) is 17.9 Å². The molecule has 0 atom stereocenters. The molecule has 6 heteroatoms. The monoisotopic (exact) mass is 398 g/mol. The third-order valence-corrected chi connectivity index (χ3v) is 4.43. The van der Waals surface area contributed by atoms with E-state index in [0.29, 0.717) is 29.0 Å². The molecule has 3 N–H and O–H groups in total. The van der Waals surface area contributed by atoms with Gasteiger partial charge in [0.2, 0.25) is 5.91 Å². The van der Waals surface area contributed by atoms with Crippen molar-refractivity contribution in [3.8, 4) is 6.07 Å². The Labute approximate surface area is 175 Å². The molecule has 0 saturated carbocycles. The lowest BCUT2D eigenvalue weighted by atomic mass is 10.1. The van der Waals surface area contributed by atoms with Crippen LogP contribution in [0.4, 0.5) is 11.4 Å². The zero-order valence-electron chi connectivity index (χ0n) is 16.4. The minimum atomic E-state index is -0.274. The Kier molecular flexibility index (Phi) is 7.17. The molecule has 150 valence electrons. The molecule has 30 heavy (non-hydrogen) atoms. The summed E-state index contributed by atoms with van der Waals surface area (Å²) in [4.78, 5) is 24.8. The summed E-state index contributed by atoms with van der Waals surface area (Å²) in [6.45, 7) is 0.512. The number of carbonyl (C=O) groups is 2. The number of hydrogen-bond donors (Lipinski definition) is 3. The van der Waals surface area contributed by atoms with Gasteiger partial charge >= 0.3 is 0 Å². The largest absolute Gasteiger partial charge is 0.376 e. The third kappa shape index (κ3) is 5.94. The number of benzene rings is 3. The number of nitrogens with zero attached hydrogens (tertiary/aromatic N) is 1. The number of para-hydroxylation sites is 1. The fourth-order valence-corrected chi connectivity index (χ4v) is 2.94. The Morgan fingerprint density at radius 2 is 1.67 bits per heavy atom. The Balaban J connectivity index is 1.54. The van der Waals surface area contributed by atoms with E-state index in [1.807, 2.05) is 36.4 Å². The Morgan fingerprint density at radius 3 is 2.47 bits per heavy atom. The van der Waals surface area contributed by atoms with Crippen molar-refractivity contribution in [3.05, 3.63) is 95.6 Å². The van der Waals surface area contributed by atoms with Crippen molar-refractivity contribution >= 4 is 23.2 Å². The van der Waals surface area contributed by atoms with Gasteiger partial charge in [0.15, 0.2) is 0 Å². The fourth-order valence-electron chi connectivity index (χ4n) is 2.94. The summed E-state index contributed by atoms with van der Waals surface area (Å²) < 4.78 is 0. The average molecular weight is 398 g/mol. The number of carbonyl (C=O) groups excluding carboxylic acids is 2. The first-order valence-corrected chi connectivity index (χ1v) is 9.61. The van der Waals surface area contributed by atoms with Crippen LogP contribution in [0.1, 0.15) is 21.5 Å². The maximum atomic E-state index is 12.6. The van der Waals surface area contributed by atoms with Crippen LogP contribution in [0, 0.1) is 11.3 Å². The zero-order chi connectivity index (χ0) is 21.2. The number of amides is 2. The molecular weight excluding hydrogens is 376 g/mol. The zero-order valence-corrected chi connectivity index (χ0v) is 16.4. The molecule has 6 nitrogen and oxygen atoms in total. The molecule has 2 amide bonds. The van der Waals surface area contributed by atoms with Crippen LogP contribution in [0.5, 0.6) is 0 Å². The fraction of sp³-hybridized carbons (Fsp3) is 0.125. The van der Waals surface area contributed by atoms with Gasteiger partial charge in [-0.05, 0) is 42.3 Å². The summed E-state index contributed by atoms with van der Waals surface area (Å²) in [6, 6.07) is 25.7. The smallest absolute Gasteiger partial charge is 0.253 e. The van der Waals surface area contributed by atoms with Gasteiger partial charge in [-0.1, -0.05) is 48.5 Å². The standard InChI is InChI=1S/C24H22N4O2/c25-16-19-9-6-10-20(15-19)28-23(29)17-27-22-12-5-4-11-21(22)24(30)26-14-13-18-7-2-1-3-8-18/h1-12,15,27H,13-14,17H2,(H,26,30)(H,28,29). The van der Waals surface area contributed by atoms with Gasteiger partial charge in [-0.15, -0.1) is 0 Å². The van der Waals surface area contributed by atoms with E-state index in [0.717, 1.165) is 12.0 Å². The molecule has 0 aliphatic rings. The summed E-state index contributed by atoms with van der Waals surface area (Å²) in [5.41, 5.74) is 3.23. The molecule has 0 aromatic heterocycles. The van der Waals surface area contributed by atoms with Crippen LogP contribution in [0.15, 0.2) is 78.9 Å². The van der Waals surface area contributed by atoms with Gasteiger partial charge in [-0.25, -0.2) is 0 Å². The number of hydrogen-bond acceptors (Lipinski definition) is 4. The van der Waals surface area contributed by atoms with Gasteiger partial charge in [-0.3, -0.25) is 9.59 Å². The molecule has 0 aliphatic carbocycles. The molecule has 3 rings (SSSR count). The number of rotatable bonds is 8. The second kappa shape index (κ2) is 10.4. The number of nitrogens with one attached hydrogen (secondary N) is 3. The van der Waals surface area contributed by atoms with Crippen LogP contribution in [0.3, 0.4) is 0 Å². The average Bonchev–Trinajstić information content (AvgIpc) is 2.78. The first kappa shape index (κ1) is 20.6. The van der Waals surface area contributed by atoms with Crippen molar-refractivity contribution in [2.24, 2.45) is 0 Å². The van der Waals surface area contributed by atoms with E-state index in [1.54, 1.807) is 48.5 Å². The molecule has 0 unspecified atom stereocenters. The SMILES string of the molecule is N#Cc1cccc(NC(=O)CNc2ccccc2C(=O)NCCc2ccccc2)c1.